The van der Waals surface area contributed by atoms with Crippen LogP contribution in [0.25, 0.3) is 0 Å². The molecule has 0 radical (unpaired) electrons. The van der Waals surface area contributed by atoms with Gasteiger partial charge in [0.15, 0.2) is 26.4 Å². The summed E-state index contributed by atoms with van der Waals surface area (Å²) in [5, 5.41) is 3.00. The van der Waals surface area contributed by atoms with Crippen LogP contribution in [0, 0.1) is 0 Å². The van der Waals surface area contributed by atoms with E-state index in [-0.39, 0.29) is 58.7 Å². The van der Waals surface area contributed by atoms with E-state index in [1.54, 1.807) is 58.1 Å². The Bertz CT molecular complexity index is 2360. The molecule has 0 aromatic heterocycles. The van der Waals surface area contributed by atoms with Gasteiger partial charge in [-0.3, -0.25) is 4.79 Å². The molecule has 334 valence electrons. The maximum Gasteiger partial charge on any atom is 0.344 e. The summed E-state index contributed by atoms with van der Waals surface area (Å²) < 4.78 is 46.3. The highest BCUT2D eigenvalue weighted by Crippen LogP contribution is 2.40. The van der Waals surface area contributed by atoms with Crippen LogP contribution in [0.4, 0.5) is 5.69 Å². The fourth-order valence-electron chi connectivity index (χ4n) is 7.41. The third kappa shape index (κ3) is 12.2. The van der Waals surface area contributed by atoms with Gasteiger partial charge < -0.3 is 43.2 Å². The molecule has 2 aliphatic carbocycles. The molecule has 14 nitrogen and oxygen atoms in total. The van der Waals surface area contributed by atoms with Gasteiger partial charge in [0.2, 0.25) is 0 Å². The summed E-state index contributed by atoms with van der Waals surface area (Å²) in [7, 11) is 0. The minimum absolute atomic E-state index is 0.127. The fraction of sp³-hybridized carbons (Fsp3) is 0.320. The van der Waals surface area contributed by atoms with Crippen molar-refractivity contribution in [1.82, 2.24) is 0 Å². The van der Waals surface area contributed by atoms with Crippen molar-refractivity contribution >= 4 is 35.5 Å². The molecule has 1 N–H and O–H groups in total. The zero-order chi connectivity index (χ0) is 45.4. The van der Waals surface area contributed by atoms with Crippen LogP contribution in [0.2, 0.25) is 0 Å². The van der Waals surface area contributed by atoms with Gasteiger partial charge in [0.25, 0.3) is 5.91 Å². The Morgan fingerprint density at radius 3 is 1.09 bits per heavy atom. The first-order chi connectivity index (χ1) is 31.1. The Balaban J connectivity index is 1.60. The van der Waals surface area contributed by atoms with Crippen LogP contribution in [0.5, 0.6) is 23.0 Å². The van der Waals surface area contributed by atoms with Crippen LogP contribution in [0.1, 0.15) is 72.2 Å². The second kappa shape index (κ2) is 22.7. The Morgan fingerprint density at radius 2 is 0.797 bits per heavy atom. The number of amides is 1. The molecule has 0 fully saturated rings. The topological polar surface area (TPSA) is 171 Å². The number of carbonyl (C=O) groups excluding carboxylic acids is 5. The van der Waals surface area contributed by atoms with E-state index in [2.05, 4.69) is 11.0 Å². The Hall–Kier alpha value is -7.31. The van der Waals surface area contributed by atoms with Gasteiger partial charge in [-0.05, 0) is 85.4 Å². The molecule has 0 heterocycles. The van der Waals surface area contributed by atoms with Crippen LogP contribution in [0.3, 0.4) is 0 Å². The van der Waals surface area contributed by atoms with E-state index in [0.29, 0.717) is 78.8 Å². The largest absolute Gasteiger partial charge is 0.481 e. The van der Waals surface area contributed by atoms with Crippen molar-refractivity contribution in [3.63, 3.8) is 0 Å². The molecule has 0 saturated carbocycles. The number of nitrogens with one attached hydrogen (secondary N) is 1. The van der Waals surface area contributed by atoms with Gasteiger partial charge in [-0.2, -0.15) is 0 Å². The van der Waals surface area contributed by atoms with Gasteiger partial charge in [0.05, 0.1) is 32.0 Å². The minimum Gasteiger partial charge on any atom is -0.481 e. The number of para-hydroxylation sites is 3. The van der Waals surface area contributed by atoms with Gasteiger partial charge in [-0.25, -0.2) is 19.2 Å². The number of rotatable bonds is 18. The van der Waals surface area contributed by atoms with Crippen molar-refractivity contribution in [2.45, 2.75) is 53.4 Å². The normalized spacial score (nSPS) is 12.3. The van der Waals surface area contributed by atoms with Crippen LogP contribution in [-0.4, -0.2) is 82.6 Å². The standard InChI is InChI=1S/C50H51NO13/c1-5-57-42(52)28-61-46-33-16-11-17-34(46)23-36-19-13-21-38(48(36)63-30-44(54)59-7-3)25-40-27-41(51-50(56)32-14-9-10-15-32)26-39(49(40)64-31-45(55)60-8-4)24-37-20-12-18-35(22-33)47(37)62-29-43(53)58-6-2/h9-14,16-21,26-27H,5-8,22-25,28-31H2,1-4H3,(H,51,56). The first-order valence-corrected chi connectivity index (χ1v) is 21.2. The molecule has 6 rings (SSSR count). The van der Waals surface area contributed by atoms with Crippen molar-refractivity contribution in [2.24, 2.45) is 0 Å². The molecule has 0 atom stereocenters. The van der Waals surface area contributed by atoms with E-state index in [9.17, 15) is 24.0 Å². The molecular weight excluding hydrogens is 823 g/mol. The van der Waals surface area contributed by atoms with Gasteiger partial charge in [-0.15, -0.1) is 5.73 Å². The summed E-state index contributed by atoms with van der Waals surface area (Å²) in [6.45, 7) is 5.90. The van der Waals surface area contributed by atoms with Crippen molar-refractivity contribution in [3.8, 4) is 23.0 Å². The number of carbonyl (C=O) groups is 5. The predicted octanol–water partition coefficient (Wildman–Crippen LogP) is 6.72. The quantitative estimate of drug-likeness (QED) is 0.0560. The Labute approximate surface area is 371 Å². The molecule has 0 unspecified atom stereocenters. The van der Waals surface area contributed by atoms with Crippen LogP contribution >= 0.6 is 0 Å². The number of fused-ring (bicyclic) bond motifs is 8. The SMILES string of the molecule is CCOC(=O)COc1c2cccc1Cc1cccc(c1OCC(=O)OCC)Cc1cc(NC(=O)C3=C=CC=C3)cc(c1OCC(=O)OCC)Cc1cccc(c1OCC(=O)OCC)C2. The monoisotopic (exact) mass is 873 g/mol. The lowest BCUT2D eigenvalue weighted by molar-refractivity contribution is -0.146. The summed E-state index contributed by atoms with van der Waals surface area (Å²) in [4.78, 5) is 64.7. The molecule has 1 amide bonds. The average molecular weight is 874 g/mol. The number of allylic oxidation sites excluding steroid dienone is 1. The zero-order valence-electron chi connectivity index (χ0n) is 36.4. The van der Waals surface area contributed by atoms with E-state index < -0.39 is 49.6 Å². The first-order valence-electron chi connectivity index (χ1n) is 21.2. The van der Waals surface area contributed by atoms with Gasteiger partial charge in [0, 0.05) is 42.5 Å². The lowest BCUT2D eigenvalue weighted by Crippen LogP contribution is -2.19. The molecule has 2 aliphatic rings. The second-order valence-electron chi connectivity index (χ2n) is 14.5. The van der Waals surface area contributed by atoms with Gasteiger partial charge >= 0.3 is 23.9 Å². The van der Waals surface area contributed by atoms with E-state index in [0.717, 1.165) is 0 Å². The van der Waals surface area contributed by atoms with Crippen molar-refractivity contribution in [3.05, 3.63) is 141 Å². The molecule has 14 heteroatoms. The molecule has 0 saturated heterocycles. The first kappa shape index (κ1) is 46.2. The van der Waals surface area contributed by atoms with Crippen LogP contribution in [-0.2, 0) is 68.6 Å². The summed E-state index contributed by atoms with van der Waals surface area (Å²) in [6, 6.07) is 20.3. The highest BCUT2D eigenvalue weighted by molar-refractivity contribution is 6.06. The molecule has 0 spiro atoms. The number of benzene rings is 4. The van der Waals surface area contributed by atoms with Crippen molar-refractivity contribution in [1.29, 1.82) is 0 Å². The summed E-state index contributed by atoms with van der Waals surface area (Å²) >= 11 is 0. The number of ether oxygens (including phenoxy) is 8. The fourth-order valence-corrected chi connectivity index (χ4v) is 7.41. The van der Waals surface area contributed by atoms with Crippen molar-refractivity contribution in [2.75, 3.05) is 58.2 Å². The minimum atomic E-state index is -0.589. The maximum atomic E-state index is 13.5. The van der Waals surface area contributed by atoms with Crippen LogP contribution < -0.4 is 24.3 Å². The Morgan fingerprint density at radius 1 is 0.484 bits per heavy atom. The third-order valence-corrected chi connectivity index (χ3v) is 9.96. The molecule has 0 aliphatic heterocycles. The highest BCUT2D eigenvalue weighted by Gasteiger charge is 2.25. The molecule has 4 aromatic rings. The summed E-state index contributed by atoms with van der Waals surface area (Å²) in [5.41, 5.74) is 8.83. The van der Waals surface area contributed by atoms with E-state index in [1.807, 2.05) is 54.6 Å². The van der Waals surface area contributed by atoms with E-state index in [4.69, 9.17) is 37.9 Å². The number of hydrogen-bond donors (Lipinski definition) is 1. The van der Waals surface area contributed by atoms with Gasteiger partial charge in [-0.1, -0.05) is 60.7 Å². The zero-order valence-corrected chi connectivity index (χ0v) is 36.4. The predicted molar refractivity (Wildman–Crippen MR) is 235 cm³/mol. The third-order valence-electron chi connectivity index (χ3n) is 9.96. The van der Waals surface area contributed by atoms with E-state index in [1.165, 1.54) is 0 Å². The lowest BCUT2D eigenvalue weighted by atomic mass is 9.91. The number of hydrogen-bond acceptors (Lipinski definition) is 13. The second-order valence-corrected chi connectivity index (χ2v) is 14.5. The Kier molecular flexibility index (Phi) is 16.4. The van der Waals surface area contributed by atoms with E-state index >= 15 is 0 Å². The summed E-state index contributed by atoms with van der Waals surface area (Å²) in [5.74, 6) is -1.11. The molecule has 4 aromatic carbocycles. The molecule has 64 heavy (non-hydrogen) atoms. The van der Waals surface area contributed by atoms with Crippen LogP contribution in [0.15, 0.2) is 96.3 Å². The van der Waals surface area contributed by atoms with Gasteiger partial charge in [0.1, 0.15) is 23.0 Å². The number of anilines is 1. The highest BCUT2D eigenvalue weighted by atomic mass is 16.6. The molecule has 8 bridgehead atoms. The number of esters is 4. The van der Waals surface area contributed by atoms with Crippen molar-refractivity contribution < 1.29 is 61.9 Å². The summed E-state index contributed by atoms with van der Waals surface area (Å²) in [6.07, 6.45) is 5.73. The molecular formula is C50H51NO13. The smallest absolute Gasteiger partial charge is 0.344 e. The average Bonchev–Trinajstić information content (AvgIpc) is 3.82. The maximum absolute atomic E-state index is 13.5. The lowest BCUT2D eigenvalue weighted by Gasteiger charge is -2.23.